The molecule has 0 aliphatic heterocycles. The number of benzene rings is 1. The summed E-state index contributed by atoms with van der Waals surface area (Å²) in [6, 6.07) is 4.98. The zero-order valence-electron chi connectivity index (χ0n) is 12.0. The van der Waals surface area contributed by atoms with Gasteiger partial charge >= 0.3 is 0 Å². The first-order chi connectivity index (χ1) is 9.90. The average Bonchev–Trinajstić information content (AvgIpc) is 3.17. The number of carbonyl (C=O) groups is 2. The molecule has 4 nitrogen and oxygen atoms in total. The fourth-order valence-corrected chi connectivity index (χ4v) is 2.61. The third-order valence-electron chi connectivity index (χ3n) is 3.60. The second-order valence-corrected chi connectivity index (χ2v) is 6.29. The van der Waals surface area contributed by atoms with Gasteiger partial charge in [0.1, 0.15) is 0 Å². The van der Waals surface area contributed by atoms with Crippen LogP contribution in [0.25, 0.3) is 0 Å². The van der Waals surface area contributed by atoms with E-state index in [0.717, 1.165) is 6.42 Å². The summed E-state index contributed by atoms with van der Waals surface area (Å²) >= 11 is 11.8. The summed E-state index contributed by atoms with van der Waals surface area (Å²) in [5.74, 6) is -0.716. The van der Waals surface area contributed by atoms with Crippen LogP contribution in [0.1, 0.15) is 26.7 Å². The van der Waals surface area contributed by atoms with Crippen LogP contribution in [0.5, 0.6) is 0 Å². The van der Waals surface area contributed by atoms with Crippen molar-refractivity contribution >= 4 is 40.7 Å². The molecule has 6 heteroatoms. The van der Waals surface area contributed by atoms with E-state index in [1.165, 1.54) is 0 Å². The van der Waals surface area contributed by atoms with Gasteiger partial charge in [-0.25, -0.2) is 0 Å². The Balaban J connectivity index is 1.90. The van der Waals surface area contributed by atoms with E-state index in [-0.39, 0.29) is 29.7 Å². The summed E-state index contributed by atoms with van der Waals surface area (Å²) in [4.78, 5) is 24.0. The molecule has 114 valence electrons. The first kappa shape index (κ1) is 16.1. The summed E-state index contributed by atoms with van der Waals surface area (Å²) in [6.07, 6.45) is 1.46. The fraction of sp³-hybridized carbons (Fsp3) is 0.467. The van der Waals surface area contributed by atoms with Gasteiger partial charge in [0.05, 0.1) is 11.8 Å². The lowest BCUT2D eigenvalue weighted by molar-refractivity contribution is -0.125. The van der Waals surface area contributed by atoms with Crippen LogP contribution in [0.2, 0.25) is 10.0 Å². The molecule has 2 N–H and O–H groups in total. The molecule has 0 bridgehead atoms. The molecule has 2 amide bonds. The Morgan fingerprint density at radius 2 is 1.76 bits per heavy atom. The second kappa shape index (κ2) is 6.67. The number of hydrogen-bond acceptors (Lipinski definition) is 2. The number of rotatable bonds is 5. The molecule has 1 saturated carbocycles. The van der Waals surface area contributed by atoms with Crippen molar-refractivity contribution in [3.8, 4) is 0 Å². The highest BCUT2D eigenvalue weighted by atomic mass is 35.5. The van der Waals surface area contributed by atoms with E-state index in [9.17, 15) is 9.59 Å². The molecule has 1 aromatic carbocycles. The predicted octanol–water partition coefficient (Wildman–Crippen LogP) is 3.48. The Labute approximate surface area is 134 Å². The van der Waals surface area contributed by atoms with Gasteiger partial charge in [0.2, 0.25) is 11.8 Å². The van der Waals surface area contributed by atoms with Crippen molar-refractivity contribution in [1.29, 1.82) is 0 Å². The van der Waals surface area contributed by atoms with Gasteiger partial charge in [-0.2, -0.15) is 0 Å². The van der Waals surface area contributed by atoms with Crippen molar-refractivity contribution < 1.29 is 9.59 Å². The first-order valence-corrected chi connectivity index (χ1v) is 7.73. The van der Waals surface area contributed by atoms with E-state index in [0.29, 0.717) is 22.2 Å². The van der Waals surface area contributed by atoms with Crippen molar-refractivity contribution in [2.24, 2.45) is 11.8 Å². The smallest absolute Gasteiger partial charge is 0.228 e. The second-order valence-electron chi connectivity index (χ2n) is 5.41. The lowest BCUT2D eigenvalue weighted by Crippen LogP contribution is -2.34. The number of carbonyl (C=O) groups excluding carboxylic acids is 2. The molecule has 1 aromatic rings. The maximum atomic E-state index is 12.1. The van der Waals surface area contributed by atoms with Gasteiger partial charge in [-0.05, 0) is 38.0 Å². The molecule has 0 aromatic heterocycles. The van der Waals surface area contributed by atoms with Gasteiger partial charge in [-0.1, -0.05) is 30.1 Å². The predicted molar refractivity (Wildman–Crippen MR) is 84.6 cm³/mol. The third kappa shape index (κ3) is 4.35. The number of amides is 2. The van der Waals surface area contributed by atoms with Gasteiger partial charge in [0, 0.05) is 21.8 Å². The van der Waals surface area contributed by atoms with Crippen LogP contribution in [0.3, 0.4) is 0 Å². The normalized spacial score (nSPS) is 21.5. The minimum absolute atomic E-state index is 0.0476. The largest absolute Gasteiger partial charge is 0.353 e. The van der Waals surface area contributed by atoms with Crippen LogP contribution in [0.4, 0.5) is 5.69 Å². The van der Waals surface area contributed by atoms with Crippen LogP contribution in [0, 0.1) is 11.8 Å². The summed E-state index contributed by atoms with van der Waals surface area (Å²) < 4.78 is 0. The average molecular weight is 329 g/mol. The van der Waals surface area contributed by atoms with Gasteiger partial charge < -0.3 is 10.6 Å². The Hall–Kier alpha value is -1.26. The van der Waals surface area contributed by atoms with Crippen molar-refractivity contribution in [2.75, 3.05) is 5.32 Å². The fourth-order valence-electron chi connectivity index (χ4n) is 2.09. The molecule has 1 fully saturated rings. The zero-order chi connectivity index (χ0) is 15.6. The maximum Gasteiger partial charge on any atom is 0.228 e. The molecule has 21 heavy (non-hydrogen) atoms. The maximum absolute atomic E-state index is 12.1. The zero-order valence-corrected chi connectivity index (χ0v) is 13.5. The Bertz CT molecular complexity index is 542. The van der Waals surface area contributed by atoms with Gasteiger partial charge in [-0.15, -0.1) is 0 Å². The number of hydrogen-bond donors (Lipinski definition) is 2. The molecular formula is C15H18Cl2N2O2. The quantitative estimate of drug-likeness (QED) is 0.869. The summed E-state index contributed by atoms with van der Waals surface area (Å²) in [5.41, 5.74) is 0.547. The molecule has 0 saturated heterocycles. The van der Waals surface area contributed by atoms with E-state index < -0.39 is 0 Å². The van der Waals surface area contributed by atoms with Crippen molar-refractivity contribution in [3.63, 3.8) is 0 Å². The Morgan fingerprint density at radius 3 is 2.33 bits per heavy atom. The SMILES string of the molecule is CCC(C)NC(=O)C1CC1C(=O)Nc1cc(Cl)cc(Cl)c1. The van der Waals surface area contributed by atoms with Crippen LogP contribution in [0.15, 0.2) is 18.2 Å². The highest BCUT2D eigenvalue weighted by Crippen LogP contribution is 2.39. The number of nitrogens with one attached hydrogen (secondary N) is 2. The lowest BCUT2D eigenvalue weighted by atomic mass is 10.2. The summed E-state index contributed by atoms with van der Waals surface area (Å²) in [7, 11) is 0. The highest BCUT2D eigenvalue weighted by molar-refractivity contribution is 6.35. The van der Waals surface area contributed by atoms with E-state index in [1.807, 2.05) is 13.8 Å². The van der Waals surface area contributed by atoms with Gasteiger partial charge in [0.25, 0.3) is 0 Å². The van der Waals surface area contributed by atoms with Crippen LogP contribution in [-0.4, -0.2) is 17.9 Å². The van der Waals surface area contributed by atoms with Crippen LogP contribution < -0.4 is 10.6 Å². The standard InChI is InChI=1S/C15H18Cl2N2O2/c1-3-8(2)18-14(20)12-7-13(12)15(21)19-11-5-9(16)4-10(17)6-11/h4-6,8,12-13H,3,7H2,1-2H3,(H,18,20)(H,19,21). The summed E-state index contributed by atoms with van der Waals surface area (Å²) in [6.45, 7) is 3.95. The molecule has 1 aliphatic rings. The van der Waals surface area contributed by atoms with Crippen LogP contribution >= 0.6 is 23.2 Å². The van der Waals surface area contributed by atoms with E-state index in [4.69, 9.17) is 23.2 Å². The van der Waals surface area contributed by atoms with Crippen LogP contribution in [-0.2, 0) is 9.59 Å². The first-order valence-electron chi connectivity index (χ1n) is 6.98. The monoisotopic (exact) mass is 328 g/mol. The highest BCUT2D eigenvalue weighted by Gasteiger charge is 2.48. The van der Waals surface area contributed by atoms with Crippen molar-refractivity contribution in [1.82, 2.24) is 5.32 Å². The van der Waals surface area contributed by atoms with Crippen molar-refractivity contribution in [2.45, 2.75) is 32.7 Å². The molecular weight excluding hydrogens is 311 g/mol. The van der Waals surface area contributed by atoms with Gasteiger partial charge in [-0.3, -0.25) is 9.59 Å². The minimum atomic E-state index is -0.271. The van der Waals surface area contributed by atoms with E-state index in [2.05, 4.69) is 10.6 Å². The molecule has 3 unspecified atom stereocenters. The molecule has 2 rings (SSSR count). The minimum Gasteiger partial charge on any atom is -0.353 e. The van der Waals surface area contributed by atoms with E-state index in [1.54, 1.807) is 18.2 Å². The van der Waals surface area contributed by atoms with Gasteiger partial charge in [0.15, 0.2) is 0 Å². The number of halogens is 2. The third-order valence-corrected chi connectivity index (χ3v) is 4.03. The molecule has 0 spiro atoms. The number of anilines is 1. The molecule has 0 radical (unpaired) electrons. The Morgan fingerprint density at radius 1 is 1.19 bits per heavy atom. The Kier molecular flexibility index (Phi) is 5.12. The molecule has 1 aliphatic carbocycles. The molecule has 0 heterocycles. The molecule has 3 atom stereocenters. The lowest BCUT2D eigenvalue weighted by Gasteiger charge is -2.11. The summed E-state index contributed by atoms with van der Waals surface area (Å²) in [5, 5.41) is 6.56. The van der Waals surface area contributed by atoms with Crippen molar-refractivity contribution in [3.05, 3.63) is 28.2 Å². The van der Waals surface area contributed by atoms with E-state index >= 15 is 0 Å². The topological polar surface area (TPSA) is 58.2 Å².